The van der Waals surface area contributed by atoms with Gasteiger partial charge in [0.15, 0.2) is 11.5 Å². The van der Waals surface area contributed by atoms with Crippen molar-refractivity contribution in [1.82, 2.24) is 4.90 Å². The zero-order valence-corrected chi connectivity index (χ0v) is 14.2. The third kappa shape index (κ3) is 3.41. The Morgan fingerprint density at radius 1 is 1.40 bits per heavy atom. The Balaban J connectivity index is 1.77. The van der Waals surface area contributed by atoms with E-state index in [4.69, 9.17) is 9.15 Å². The van der Waals surface area contributed by atoms with Gasteiger partial charge >= 0.3 is 5.97 Å². The van der Waals surface area contributed by atoms with Crippen LogP contribution in [0.1, 0.15) is 36.6 Å². The van der Waals surface area contributed by atoms with Crippen molar-refractivity contribution in [2.75, 3.05) is 26.3 Å². The van der Waals surface area contributed by atoms with E-state index >= 15 is 0 Å². The highest BCUT2D eigenvalue weighted by Gasteiger charge is 2.55. The van der Waals surface area contributed by atoms with Crippen LogP contribution < -0.4 is 0 Å². The number of rotatable bonds is 2. The molecule has 0 aromatic carbocycles. The lowest BCUT2D eigenvalue weighted by atomic mass is 9.76. The molecule has 0 radical (unpaired) electrons. The molecular formula is C18H21NO6. The third-order valence-corrected chi connectivity index (χ3v) is 4.69. The fourth-order valence-electron chi connectivity index (χ4n) is 3.34. The number of carbonyl (C=O) groups is 2. The first kappa shape index (κ1) is 17.5. The molecule has 25 heavy (non-hydrogen) atoms. The lowest BCUT2D eigenvalue weighted by molar-refractivity contribution is -0.159. The second-order valence-electron chi connectivity index (χ2n) is 7.16. The number of aliphatic hydroxyl groups is 1. The fraction of sp³-hybridized carbons (Fsp3) is 0.556. The van der Waals surface area contributed by atoms with Crippen LogP contribution in [0, 0.1) is 23.2 Å². The van der Waals surface area contributed by atoms with E-state index in [2.05, 4.69) is 11.8 Å². The van der Waals surface area contributed by atoms with Crippen molar-refractivity contribution in [3.63, 3.8) is 0 Å². The molecule has 1 aromatic rings. The molecular weight excluding hydrogens is 326 g/mol. The molecule has 0 bridgehead atoms. The standard InChI is InChI=1S/C18H21NO6/c1-17(2,23)7-5-13-3-4-14(25-13)15(20)19-9-12-6-8-24-11-18(12,10-19)16(21)22/h3-4,12,23H,6,8-11H2,1-2H3,(H,21,22)/t12-,18+/m0/s1. The van der Waals surface area contributed by atoms with Crippen LogP contribution in [0.4, 0.5) is 0 Å². The molecule has 2 aliphatic heterocycles. The second kappa shape index (κ2) is 6.21. The number of likely N-dealkylation sites (tertiary alicyclic amines) is 1. The van der Waals surface area contributed by atoms with Crippen LogP contribution >= 0.6 is 0 Å². The molecule has 0 saturated carbocycles. The molecule has 2 atom stereocenters. The third-order valence-electron chi connectivity index (χ3n) is 4.69. The Morgan fingerprint density at radius 2 is 2.16 bits per heavy atom. The van der Waals surface area contributed by atoms with E-state index in [1.54, 1.807) is 19.9 Å². The van der Waals surface area contributed by atoms with Crippen LogP contribution in [-0.2, 0) is 9.53 Å². The number of amides is 1. The van der Waals surface area contributed by atoms with Crippen LogP contribution in [0.15, 0.2) is 16.5 Å². The molecule has 2 N–H and O–H groups in total. The summed E-state index contributed by atoms with van der Waals surface area (Å²) >= 11 is 0. The average molecular weight is 347 g/mol. The molecule has 1 amide bonds. The summed E-state index contributed by atoms with van der Waals surface area (Å²) in [6, 6.07) is 3.08. The van der Waals surface area contributed by atoms with Crippen molar-refractivity contribution < 1.29 is 29.0 Å². The minimum atomic E-state index is -1.16. The van der Waals surface area contributed by atoms with Crippen molar-refractivity contribution in [1.29, 1.82) is 0 Å². The van der Waals surface area contributed by atoms with E-state index in [1.807, 2.05) is 0 Å². The number of nitrogens with zero attached hydrogens (tertiary/aromatic N) is 1. The van der Waals surface area contributed by atoms with Crippen LogP contribution in [-0.4, -0.2) is 58.9 Å². The number of furan rings is 1. The van der Waals surface area contributed by atoms with E-state index in [9.17, 15) is 19.8 Å². The van der Waals surface area contributed by atoms with Crippen molar-refractivity contribution >= 4 is 11.9 Å². The number of carboxylic acid groups (broad SMARTS) is 1. The molecule has 7 nitrogen and oxygen atoms in total. The first-order chi connectivity index (χ1) is 11.7. The van der Waals surface area contributed by atoms with Gasteiger partial charge in [-0.25, -0.2) is 0 Å². The van der Waals surface area contributed by atoms with Crippen molar-refractivity contribution in [2.45, 2.75) is 25.9 Å². The largest absolute Gasteiger partial charge is 0.481 e. The predicted molar refractivity (Wildman–Crippen MR) is 86.8 cm³/mol. The quantitative estimate of drug-likeness (QED) is 0.773. The van der Waals surface area contributed by atoms with Gasteiger partial charge in [-0.05, 0) is 44.2 Å². The van der Waals surface area contributed by atoms with Gasteiger partial charge in [-0.3, -0.25) is 9.59 Å². The van der Waals surface area contributed by atoms with Gasteiger partial charge in [-0.2, -0.15) is 0 Å². The summed E-state index contributed by atoms with van der Waals surface area (Å²) in [5.74, 6) is 4.28. The number of carboxylic acids is 1. The summed E-state index contributed by atoms with van der Waals surface area (Å²) in [5.41, 5.74) is -2.19. The summed E-state index contributed by atoms with van der Waals surface area (Å²) in [4.78, 5) is 25.9. The molecule has 1 aromatic heterocycles. The Hall–Kier alpha value is -2.30. The maximum absolute atomic E-state index is 12.7. The summed E-state index contributed by atoms with van der Waals surface area (Å²) in [7, 11) is 0. The fourth-order valence-corrected chi connectivity index (χ4v) is 3.34. The van der Waals surface area contributed by atoms with Gasteiger partial charge in [0, 0.05) is 19.7 Å². The molecule has 2 aliphatic rings. The van der Waals surface area contributed by atoms with E-state index in [1.165, 1.54) is 11.0 Å². The van der Waals surface area contributed by atoms with E-state index < -0.39 is 17.0 Å². The second-order valence-corrected chi connectivity index (χ2v) is 7.16. The van der Waals surface area contributed by atoms with Gasteiger partial charge in [-0.1, -0.05) is 5.92 Å². The van der Waals surface area contributed by atoms with E-state index in [0.29, 0.717) is 19.6 Å². The highest BCUT2D eigenvalue weighted by atomic mass is 16.5. The van der Waals surface area contributed by atoms with Gasteiger partial charge in [-0.15, -0.1) is 0 Å². The monoisotopic (exact) mass is 347 g/mol. The van der Waals surface area contributed by atoms with Crippen LogP contribution in [0.25, 0.3) is 0 Å². The smallest absolute Gasteiger partial charge is 0.314 e. The van der Waals surface area contributed by atoms with Gasteiger partial charge in [0.2, 0.25) is 0 Å². The number of carbonyl (C=O) groups excluding carboxylic acids is 1. The molecule has 3 heterocycles. The first-order valence-electron chi connectivity index (χ1n) is 8.17. The van der Waals surface area contributed by atoms with Gasteiger partial charge < -0.3 is 24.3 Å². The van der Waals surface area contributed by atoms with Gasteiger partial charge in [0.1, 0.15) is 11.0 Å². The summed E-state index contributed by atoms with van der Waals surface area (Å²) in [5, 5.41) is 19.2. The maximum atomic E-state index is 12.7. The number of hydrogen-bond acceptors (Lipinski definition) is 5. The number of fused-ring (bicyclic) bond motifs is 1. The van der Waals surface area contributed by atoms with Crippen molar-refractivity contribution in [3.8, 4) is 11.8 Å². The summed E-state index contributed by atoms with van der Waals surface area (Å²) in [6.45, 7) is 4.22. The molecule has 3 rings (SSSR count). The maximum Gasteiger partial charge on any atom is 0.314 e. The van der Waals surface area contributed by atoms with Crippen LogP contribution in [0.2, 0.25) is 0 Å². The van der Waals surface area contributed by atoms with Crippen LogP contribution in [0.3, 0.4) is 0 Å². The Morgan fingerprint density at radius 3 is 2.80 bits per heavy atom. The van der Waals surface area contributed by atoms with Crippen LogP contribution in [0.5, 0.6) is 0 Å². The highest BCUT2D eigenvalue weighted by molar-refractivity contribution is 5.92. The Labute approximate surface area is 145 Å². The average Bonchev–Trinajstić information content (AvgIpc) is 3.16. The summed E-state index contributed by atoms with van der Waals surface area (Å²) in [6.07, 6.45) is 0.622. The molecule has 2 saturated heterocycles. The lowest BCUT2D eigenvalue weighted by Crippen LogP contribution is -2.46. The zero-order valence-electron chi connectivity index (χ0n) is 14.2. The number of ether oxygens (including phenoxy) is 1. The van der Waals surface area contributed by atoms with E-state index in [-0.39, 0.29) is 36.5 Å². The minimum Gasteiger partial charge on any atom is -0.481 e. The topological polar surface area (TPSA) is 100 Å². The van der Waals surface area contributed by atoms with Gasteiger partial charge in [0.25, 0.3) is 5.91 Å². The predicted octanol–water partition coefficient (Wildman–Crippen LogP) is 0.965. The summed E-state index contributed by atoms with van der Waals surface area (Å²) < 4.78 is 10.8. The molecule has 7 heteroatoms. The molecule has 2 fully saturated rings. The Bertz CT molecular complexity index is 750. The normalized spacial score (nSPS) is 25.9. The molecule has 0 spiro atoms. The molecule has 134 valence electrons. The van der Waals surface area contributed by atoms with Gasteiger partial charge in [0.05, 0.1) is 6.61 Å². The number of aliphatic carboxylic acids is 1. The number of hydrogen-bond donors (Lipinski definition) is 2. The molecule has 0 unspecified atom stereocenters. The first-order valence-corrected chi connectivity index (χ1v) is 8.17. The SMILES string of the molecule is CC(C)(O)C#Cc1ccc(C(=O)N2C[C@@H]3CCOC[C@]3(C(=O)O)C2)o1. The minimum absolute atomic E-state index is 0.108. The Kier molecular flexibility index (Phi) is 4.35. The lowest BCUT2D eigenvalue weighted by Gasteiger charge is -2.33. The zero-order chi connectivity index (χ0) is 18.2. The molecule has 0 aliphatic carbocycles. The van der Waals surface area contributed by atoms with Crippen molar-refractivity contribution in [2.24, 2.45) is 11.3 Å². The van der Waals surface area contributed by atoms with E-state index in [0.717, 1.165) is 0 Å². The van der Waals surface area contributed by atoms with Crippen molar-refractivity contribution in [3.05, 3.63) is 23.7 Å². The highest BCUT2D eigenvalue weighted by Crippen LogP contribution is 2.42.